The first-order chi connectivity index (χ1) is 15.5. The molecule has 1 aliphatic heterocycles. The number of hydrogen-bond acceptors (Lipinski definition) is 5. The van der Waals surface area contributed by atoms with E-state index in [1.807, 2.05) is 12.1 Å². The second kappa shape index (κ2) is 9.82. The number of carboxylic acid groups (broad SMARTS) is 1. The predicted molar refractivity (Wildman–Crippen MR) is 114 cm³/mol. The number of halogens is 2. The van der Waals surface area contributed by atoms with Crippen LogP contribution in [-0.2, 0) is 24.4 Å². The Morgan fingerprint density at radius 2 is 1.94 bits per heavy atom. The summed E-state index contributed by atoms with van der Waals surface area (Å²) < 4.78 is 31.9. The quantitative estimate of drug-likeness (QED) is 0.557. The number of benzene rings is 2. The topological polar surface area (TPSA) is 75.5 Å². The van der Waals surface area contributed by atoms with Gasteiger partial charge in [0.25, 0.3) is 6.43 Å². The molecule has 2 aromatic carbocycles. The molecule has 0 atom stereocenters. The molecule has 8 heteroatoms. The zero-order chi connectivity index (χ0) is 22.5. The lowest BCUT2D eigenvalue weighted by Crippen LogP contribution is -2.33. The third-order valence-electron chi connectivity index (χ3n) is 5.45. The van der Waals surface area contributed by atoms with Crippen molar-refractivity contribution in [2.45, 2.75) is 32.4 Å². The number of nitrogens with zero attached hydrogens (tertiary/aromatic N) is 3. The maximum atomic E-state index is 13.1. The molecule has 1 aromatic heterocycles. The lowest BCUT2D eigenvalue weighted by atomic mass is 10.1. The molecule has 0 aliphatic carbocycles. The Kier molecular flexibility index (Phi) is 6.70. The fraction of sp³-hybridized carbons (Fsp3) is 0.292. The largest absolute Gasteiger partial charge is 0.489 e. The van der Waals surface area contributed by atoms with Gasteiger partial charge in [0, 0.05) is 48.9 Å². The highest BCUT2D eigenvalue weighted by Gasteiger charge is 2.19. The Labute approximate surface area is 184 Å². The summed E-state index contributed by atoms with van der Waals surface area (Å²) in [5.41, 5.74) is 3.27. The SMILES string of the molecule is O=C(O)CCN1CCc2nc(-c3ccc(OCc4ccccc4C(F)F)cc3)ncc2C1. The van der Waals surface area contributed by atoms with Crippen LogP contribution in [0.2, 0.25) is 0 Å². The summed E-state index contributed by atoms with van der Waals surface area (Å²) in [7, 11) is 0. The van der Waals surface area contributed by atoms with Gasteiger partial charge in [-0.15, -0.1) is 0 Å². The minimum Gasteiger partial charge on any atom is -0.489 e. The number of carboxylic acids is 1. The molecule has 0 spiro atoms. The summed E-state index contributed by atoms with van der Waals surface area (Å²) in [6.45, 7) is 1.99. The molecule has 0 fully saturated rings. The van der Waals surface area contributed by atoms with Crippen LogP contribution in [0.5, 0.6) is 5.75 Å². The molecule has 32 heavy (non-hydrogen) atoms. The molecule has 1 aliphatic rings. The van der Waals surface area contributed by atoms with Crippen molar-refractivity contribution in [3.05, 3.63) is 77.1 Å². The Morgan fingerprint density at radius 1 is 1.16 bits per heavy atom. The van der Waals surface area contributed by atoms with Crippen LogP contribution in [-0.4, -0.2) is 39.0 Å². The average Bonchev–Trinajstić information content (AvgIpc) is 2.81. The Hall–Kier alpha value is -3.39. The Morgan fingerprint density at radius 3 is 2.69 bits per heavy atom. The molecule has 0 saturated carbocycles. The molecule has 2 heterocycles. The van der Waals surface area contributed by atoms with Gasteiger partial charge in [-0.25, -0.2) is 18.7 Å². The average molecular weight is 439 g/mol. The van der Waals surface area contributed by atoms with Crippen molar-refractivity contribution in [2.75, 3.05) is 13.1 Å². The first kappa shape index (κ1) is 21.8. The van der Waals surface area contributed by atoms with Crippen molar-refractivity contribution in [2.24, 2.45) is 0 Å². The molecular weight excluding hydrogens is 416 g/mol. The van der Waals surface area contributed by atoms with Gasteiger partial charge in [-0.05, 0) is 29.8 Å². The molecule has 0 saturated heterocycles. The second-order valence-corrected chi connectivity index (χ2v) is 7.65. The first-order valence-corrected chi connectivity index (χ1v) is 10.4. The van der Waals surface area contributed by atoms with Crippen LogP contribution < -0.4 is 4.74 Å². The van der Waals surface area contributed by atoms with E-state index in [1.54, 1.807) is 36.5 Å². The Bertz CT molecular complexity index is 1090. The van der Waals surface area contributed by atoms with Gasteiger partial charge in [-0.2, -0.15) is 0 Å². The number of fused-ring (bicyclic) bond motifs is 1. The summed E-state index contributed by atoms with van der Waals surface area (Å²) >= 11 is 0. The van der Waals surface area contributed by atoms with Gasteiger partial charge in [0.1, 0.15) is 12.4 Å². The van der Waals surface area contributed by atoms with Crippen LogP contribution in [0, 0.1) is 0 Å². The van der Waals surface area contributed by atoms with E-state index in [4.69, 9.17) is 9.84 Å². The minimum absolute atomic E-state index is 0.0203. The number of alkyl halides is 2. The summed E-state index contributed by atoms with van der Waals surface area (Å²) in [5, 5.41) is 8.86. The maximum absolute atomic E-state index is 13.1. The molecular formula is C24H23F2N3O3. The van der Waals surface area contributed by atoms with Crippen molar-refractivity contribution in [1.29, 1.82) is 0 Å². The second-order valence-electron chi connectivity index (χ2n) is 7.65. The van der Waals surface area contributed by atoms with Crippen molar-refractivity contribution < 1.29 is 23.4 Å². The van der Waals surface area contributed by atoms with E-state index in [-0.39, 0.29) is 18.6 Å². The van der Waals surface area contributed by atoms with Crippen LogP contribution in [0.1, 0.15) is 35.2 Å². The minimum atomic E-state index is -2.54. The van der Waals surface area contributed by atoms with Gasteiger partial charge in [0.2, 0.25) is 0 Å². The lowest BCUT2D eigenvalue weighted by molar-refractivity contribution is -0.137. The smallest absolute Gasteiger partial charge is 0.304 e. The highest BCUT2D eigenvalue weighted by molar-refractivity contribution is 5.66. The van der Waals surface area contributed by atoms with E-state index in [2.05, 4.69) is 14.9 Å². The third-order valence-corrected chi connectivity index (χ3v) is 5.45. The molecule has 0 unspecified atom stereocenters. The third kappa shape index (κ3) is 5.26. The summed E-state index contributed by atoms with van der Waals surface area (Å²) in [6.07, 6.45) is 0.129. The standard InChI is InChI=1S/C24H23F2N3O3/c25-23(26)20-4-2-1-3-17(20)15-32-19-7-5-16(6-8-19)24-27-13-18-14-29(12-10-22(30)31)11-9-21(18)28-24/h1-8,13,23H,9-12,14-15H2,(H,30,31). The number of rotatable bonds is 8. The van der Waals surface area contributed by atoms with Crippen LogP contribution in [0.4, 0.5) is 8.78 Å². The van der Waals surface area contributed by atoms with E-state index in [0.717, 1.165) is 29.8 Å². The van der Waals surface area contributed by atoms with Crippen molar-refractivity contribution in [3.8, 4) is 17.1 Å². The number of carbonyl (C=O) groups is 1. The van der Waals surface area contributed by atoms with Crippen molar-refractivity contribution in [1.82, 2.24) is 14.9 Å². The van der Waals surface area contributed by atoms with Gasteiger partial charge in [0.05, 0.1) is 12.1 Å². The van der Waals surface area contributed by atoms with Gasteiger partial charge >= 0.3 is 5.97 Å². The normalized spacial score (nSPS) is 13.7. The predicted octanol–water partition coefficient (Wildman–Crippen LogP) is 4.49. The number of ether oxygens (including phenoxy) is 1. The monoisotopic (exact) mass is 439 g/mol. The molecule has 4 rings (SSSR count). The summed E-state index contributed by atoms with van der Waals surface area (Å²) in [4.78, 5) is 22.0. The molecule has 1 N–H and O–H groups in total. The molecule has 166 valence electrons. The summed E-state index contributed by atoms with van der Waals surface area (Å²) in [6, 6.07) is 13.6. The van der Waals surface area contributed by atoms with Crippen LogP contribution in [0.15, 0.2) is 54.7 Å². The zero-order valence-electron chi connectivity index (χ0n) is 17.4. The van der Waals surface area contributed by atoms with Gasteiger partial charge in [-0.1, -0.05) is 24.3 Å². The van der Waals surface area contributed by atoms with E-state index in [1.165, 1.54) is 6.07 Å². The first-order valence-electron chi connectivity index (χ1n) is 10.4. The van der Waals surface area contributed by atoms with Gasteiger partial charge < -0.3 is 9.84 Å². The van der Waals surface area contributed by atoms with E-state index < -0.39 is 12.4 Å². The van der Waals surface area contributed by atoms with E-state index in [0.29, 0.717) is 30.2 Å². The highest BCUT2D eigenvalue weighted by atomic mass is 19.3. The van der Waals surface area contributed by atoms with E-state index in [9.17, 15) is 13.6 Å². The molecule has 6 nitrogen and oxygen atoms in total. The van der Waals surface area contributed by atoms with Crippen LogP contribution in [0.25, 0.3) is 11.4 Å². The Balaban J connectivity index is 1.40. The number of hydrogen-bond donors (Lipinski definition) is 1. The van der Waals surface area contributed by atoms with E-state index >= 15 is 0 Å². The van der Waals surface area contributed by atoms with Crippen LogP contribution >= 0.6 is 0 Å². The van der Waals surface area contributed by atoms with Crippen molar-refractivity contribution >= 4 is 5.97 Å². The zero-order valence-corrected chi connectivity index (χ0v) is 17.4. The highest BCUT2D eigenvalue weighted by Crippen LogP contribution is 2.26. The fourth-order valence-electron chi connectivity index (χ4n) is 3.70. The maximum Gasteiger partial charge on any atom is 0.304 e. The van der Waals surface area contributed by atoms with Gasteiger partial charge in [0.15, 0.2) is 5.82 Å². The van der Waals surface area contributed by atoms with Gasteiger partial charge in [-0.3, -0.25) is 9.69 Å². The summed E-state index contributed by atoms with van der Waals surface area (Å²) in [5.74, 6) is 0.384. The number of aromatic nitrogens is 2. The number of aliphatic carboxylic acids is 1. The molecule has 0 bridgehead atoms. The van der Waals surface area contributed by atoms with Crippen LogP contribution in [0.3, 0.4) is 0 Å². The molecule has 3 aromatic rings. The lowest BCUT2D eigenvalue weighted by Gasteiger charge is -2.27. The molecule has 0 radical (unpaired) electrons. The fourth-order valence-corrected chi connectivity index (χ4v) is 3.70. The molecule has 0 amide bonds. The van der Waals surface area contributed by atoms with Crippen molar-refractivity contribution in [3.63, 3.8) is 0 Å².